The predicted molar refractivity (Wildman–Crippen MR) is 126 cm³/mol. The molecule has 0 spiro atoms. The standard InChI is InChI=1S/C13H17F2NO.C11H9N5O2/c1-17-7-6-16-5-4-11(9-16)10-2-3-12(14)13(15)8-10;12-6-8-9(14-11(13)18)16(15-10(8)17)7-4-2-1-3-5-7/h2-3,8,11H,4-7,9H2,1H3;1-5H,(H,15,17)(H3,13,14,18). The van der Waals surface area contributed by atoms with Gasteiger partial charge < -0.3 is 15.4 Å². The number of aromatic nitrogens is 2. The van der Waals surface area contributed by atoms with Crippen molar-refractivity contribution in [3.8, 4) is 11.8 Å². The van der Waals surface area contributed by atoms with Crippen LogP contribution < -0.4 is 16.6 Å². The van der Waals surface area contributed by atoms with Crippen molar-refractivity contribution in [3.05, 3.63) is 81.6 Å². The number of para-hydroxylation sites is 1. The lowest BCUT2D eigenvalue weighted by Crippen LogP contribution is -2.24. The summed E-state index contributed by atoms with van der Waals surface area (Å²) in [5.41, 5.74) is 5.72. The molecule has 3 aromatic rings. The fourth-order valence-corrected chi connectivity index (χ4v) is 3.84. The molecule has 1 saturated heterocycles. The highest BCUT2D eigenvalue weighted by molar-refractivity contribution is 5.88. The third-order valence-corrected chi connectivity index (χ3v) is 5.57. The minimum absolute atomic E-state index is 0.0289. The van der Waals surface area contributed by atoms with E-state index in [1.165, 1.54) is 16.8 Å². The lowest BCUT2D eigenvalue weighted by atomic mass is 9.98. The van der Waals surface area contributed by atoms with Crippen LogP contribution in [-0.4, -0.2) is 54.1 Å². The Kier molecular flexibility index (Phi) is 8.72. The average Bonchev–Trinajstić information content (AvgIpc) is 3.44. The number of nitrogens with two attached hydrogens (primary N) is 1. The summed E-state index contributed by atoms with van der Waals surface area (Å²) in [7, 11) is 1.68. The molecule has 0 bridgehead atoms. The Morgan fingerprint density at radius 3 is 2.63 bits per heavy atom. The molecule has 9 nitrogen and oxygen atoms in total. The summed E-state index contributed by atoms with van der Waals surface area (Å²) in [4.78, 5) is 24.7. The number of urea groups is 1. The molecule has 1 aliphatic rings. The lowest BCUT2D eigenvalue weighted by molar-refractivity contribution is 0.160. The first-order valence-corrected chi connectivity index (χ1v) is 10.9. The van der Waals surface area contributed by atoms with Gasteiger partial charge in [-0.3, -0.25) is 15.2 Å². The zero-order chi connectivity index (χ0) is 25.4. The van der Waals surface area contributed by atoms with Crippen LogP contribution in [0.15, 0.2) is 53.3 Å². The molecule has 1 unspecified atom stereocenters. The maximum atomic E-state index is 13.1. The molecule has 35 heavy (non-hydrogen) atoms. The Hall–Kier alpha value is -4.01. The number of primary amides is 1. The van der Waals surface area contributed by atoms with Gasteiger partial charge in [-0.25, -0.2) is 18.3 Å². The quantitative estimate of drug-likeness (QED) is 0.496. The van der Waals surface area contributed by atoms with E-state index in [1.807, 2.05) is 0 Å². The predicted octanol–water partition coefficient (Wildman–Crippen LogP) is 2.93. The molecule has 11 heteroatoms. The lowest BCUT2D eigenvalue weighted by Gasteiger charge is -2.15. The number of benzene rings is 2. The molecule has 1 atom stereocenters. The number of nitriles is 1. The zero-order valence-corrected chi connectivity index (χ0v) is 19.1. The van der Waals surface area contributed by atoms with Gasteiger partial charge in [0.1, 0.15) is 6.07 Å². The Bertz CT molecular complexity index is 1250. The first kappa shape index (κ1) is 25.6. The number of hydrogen-bond acceptors (Lipinski definition) is 5. The van der Waals surface area contributed by atoms with Crippen LogP contribution in [-0.2, 0) is 4.74 Å². The molecule has 184 valence electrons. The fourth-order valence-electron chi connectivity index (χ4n) is 3.84. The zero-order valence-electron chi connectivity index (χ0n) is 19.1. The first-order valence-electron chi connectivity index (χ1n) is 10.9. The third kappa shape index (κ3) is 6.53. The van der Waals surface area contributed by atoms with E-state index in [0.717, 1.165) is 31.6 Å². The summed E-state index contributed by atoms with van der Waals surface area (Å²) >= 11 is 0. The molecule has 1 aromatic heterocycles. The van der Waals surface area contributed by atoms with Crippen LogP contribution in [0.2, 0.25) is 0 Å². The second kappa shape index (κ2) is 11.9. The molecule has 0 saturated carbocycles. The van der Waals surface area contributed by atoms with Crippen LogP contribution >= 0.6 is 0 Å². The van der Waals surface area contributed by atoms with E-state index in [2.05, 4.69) is 15.3 Å². The van der Waals surface area contributed by atoms with Crippen LogP contribution in [0.25, 0.3) is 5.69 Å². The van der Waals surface area contributed by atoms with Crippen LogP contribution in [0.3, 0.4) is 0 Å². The normalized spacial score (nSPS) is 15.2. The highest BCUT2D eigenvalue weighted by Gasteiger charge is 2.24. The van der Waals surface area contributed by atoms with Crippen LogP contribution in [0.4, 0.5) is 19.4 Å². The van der Waals surface area contributed by atoms with Gasteiger partial charge in [-0.1, -0.05) is 24.3 Å². The van der Waals surface area contributed by atoms with Crippen molar-refractivity contribution in [2.24, 2.45) is 5.73 Å². The van der Waals surface area contributed by atoms with Crippen LogP contribution in [0.1, 0.15) is 23.5 Å². The number of anilines is 1. The Labute approximate surface area is 200 Å². The van der Waals surface area contributed by atoms with Gasteiger partial charge in [0.15, 0.2) is 23.0 Å². The smallest absolute Gasteiger partial charge is 0.317 e. The van der Waals surface area contributed by atoms with Gasteiger partial charge in [0.2, 0.25) is 0 Å². The number of carbonyl (C=O) groups is 1. The van der Waals surface area contributed by atoms with Gasteiger partial charge in [-0.05, 0) is 48.7 Å². The van der Waals surface area contributed by atoms with Crippen molar-refractivity contribution >= 4 is 11.8 Å². The Morgan fingerprint density at radius 1 is 1.26 bits per heavy atom. The summed E-state index contributed by atoms with van der Waals surface area (Å²) in [6.45, 7) is 3.50. The largest absolute Gasteiger partial charge is 0.383 e. The van der Waals surface area contributed by atoms with Gasteiger partial charge in [0.25, 0.3) is 5.56 Å². The van der Waals surface area contributed by atoms with Crippen molar-refractivity contribution in [2.45, 2.75) is 12.3 Å². The minimum atomic E-state index is -0.852. The van der Waals surface area contributed by atoms with E-state index in [1.54, 1.807) is 49.6 Å². The van der Waals surface area contributed by atoms with Crippen molar-refractivity contribution < 1.29 is 18.3 Å². The van der Waals surface area contributed by atoms with E-state index < -0.39 is 23.2 Å². The van der Waals surface area contributed by atoms with E-state index >= 15 is 0 Å². The molecular formula is C24H26F2N6O3. The SMILES string of the molecule is COCCN1CCC(c2ccc(F)c(F)c2)C1.N#Cc1c(NC(N)=O)n(-c2ccccc2)[nH]c1=O. The first-order chi connectivity index (χ1) is 16.8. The summed E-state index contributed by atoms with van der Waals surface area (Å²) in [6.07, 6.45) is 0.995. The number of hydrogen-bond donors (Lipinski definition) is 3. The average molecular weight is 485 g/mol. The summed E-state index contributed by atoms with van der Waals surface area (Å²) in [5, 5.41) is 13.6. The fraction of sp³-hybridized carbons (Fsp3) is 0.292. The highest BCUT2D eigenvalue weighted by Crippen LogP contribution is 2.27. The molecular weight excluding hydrogens is 458 g/mol. The number of nitrogens with zero attached hydrogens (tertiary/aromatic N) is 3. The van der Waals surface area contributed by atoms with Crippen molar-refractivity contribution in [3.63, 3.8) is 0 Å². The van der Waals surface area contributed by atoms with Gasteiger partial charge >= 0.3 is 6.03 Å². The number of nitrogens with one attached hydrogen (secondary N) is 2. The summed E-state index contributed by atoms with van der Waals surface area (Å²) < 4.78 is 32.3. The molecule has 1 fully saturated rings. The molecule has 0 radical (unpaired) electrons. The molecule has 2 aromatic carbocycles. The van der Waals surface area contributed by atoms with Crippen molar-refractivity contribution in [1.29, 1.82) is 5.26 Å². The molecule has 4 rings (SSSR count). The highest BCUT2D eigenvalue weighted by atomic mass is 19.2. The van der Waals surface area contributed by atoms with E-state index in [9.17, 15) is 18.4 Å². The van der Waals surface area contributed by atoms with Gasteiger partial charge in [0, 0.05) is 20.2 Å². The van der Waals surface area contributed by atoms with Crippen LogP contribution in [0.5, 0.6) is 0 Å². The van der Waals surface area contributed by atoms with Crippen LogP contribution in [0, 0.1) is 23.0 Å². The molecule has 4 N–H and O–H groups in total. The molecule has 1 aliphatic heterocycles. The number of amides is 2. The van der Waals surface area contributed by atoms with E-state index in [0.29, 0.717) is 18.2 Å². The minimum Gasteiger partial charge on any atom is -0.383 e. The molecule has 0 aliphatic carbocycles. The molecule has 2 amide bonds. The summed E-state index contributed by atoms with van der Waals surface area (Å²) in [6, 6.07) is 13.8. The maximum Gasteiger partial charge on any atom is 0.317 e. The maximum absolute atomic E-state index is 13.1. The number of ether oxygens (including phenoxy) is 1. The molecule has 2 heterocycles. The topological polar surface area (TPSA) is 129 Å². The second-order valence-electron chi connectivity index (χ2n) is 7.89. The summed E-state index contributed by atoms with van der Waals surface area (Å²) in [5.74, 6) is -1.19. The van der Waals surface area contributed by atoms with Gasteiger partial charge in [0.05, 0.1) is 12.3 Å². The number of H-pyrrole nitrogens is 1. The number of carbonyl (C=O) groups excluding carboxylic acids is 1. The van der Waals surface area contributed by atoms with Crippen molar-refractivity contribution in [1.82, 2.24) is 14.7 Å². The number of likely N-dealkylation sites (tertiary alicyclic amines) is 1. The second-order valence-corrected chi connectivity index (χ2v) is 7.89. The van der Waals surface area contributed by atoms with E-state index in [4.69, 9.17) is 15.7 Å². The van der Waals surface area contributed by atoms with Gasteiger partial charge in [-0.2, -0.15) is 5.26 Å². The third-order valence-electron chi connectivity index (χ3n) is 5.57. The number of methoxy groups -OCH3 is 1. The number of rotatable bonds is 6. The number of halogens is 2. The van der Waals surface area contributed by atoms with Crippen molar-refractivity contribution in [2.75, 3.05) is 38.7 Å². The number of aromatic amines is 1. The van der Waals surface area contributed by atoms with Gasteiger partial charge in [-0.15, -0.1) is 0 Å². The Balaban J connectivity index is 0.000000196. The van der Waals surface area contributed by atoms with E-state index in [-0.39, 0.29) is 11.4 Å². The monoisotopic (exact) mass is 484 g/mol. The Morgan fingerprint density at radius 2 is 2.00 bits per heavy atom.